The Morgan fingerprint density at radius 1 is 1.42 bits per heavy atom. The van der Waals surface area contributed by atoms with Gasteiger partial charge in [0.05, 0.1) is 30.3 Å². The number of nitro groups is 1. The van der Waals surface area contributed by atoms with Crippen molar-refractivity contribution in [2.45, 2.75) is 0 Å². The van der Waals surface area contributed by atoms with Crippen molar-refractivity contribution in [3.05, 3.63) is 57.6 Å². The van der Waals surface area contributed by atoms with Gasteiger partial charge in [-0.15, -0.1) is 0 Å². The molecule has 0 radical (unpaired) electrons. The number of ketones is 1. The summed E-state index contributed by atoms with van der Waals surface area (Å²) in [6, 6.07) is 8.74. The van der Waals surface area contributed by atoms with Gasteiger partial charge in [-0.3, -0.25) is 19.9 Å². The van der Waals surface area contributed by atoms with E-state index >= 15 is 0 Å². The Kier molecular flexibility index (Phi) is 5.23. The lowest BCUT2D eigenvalue weighted by atomic mass is 10.1. The predicted molar refractivity (Wildman–Crippen MR) is 88.4 cm³/mol. The zero-order valence-electron chi connectivity index (χ0n) is 12.8. The first-order chi connectivity index (χ1) is 11.5. The second-order valence-corrected chi connectivity index (χ2v) is 4.78. The van der Waals surface area contributed by atoms with E-state index in [-0.39, 0.29) is 35.1 Å². The van der Waals surface area contributed by atoms with E-state index in [9.17, 15) is 20.0 Å². The highest BCUT2D eigenvalue weighted by atomic mass is 16.6. The number of hydrogen-bond acceptors (Lipinski definition) is 7. The number of methoxy groups -OCH3 is 1. The number of nitrogens with two attached hydrogens (primary N) is 1. The van der Waals surface area contributed by atoms with Gasteiger partial charge in [0.25, 0.3) is 5.69 Å². The van der Waals surface area contributed by atoms with Gasteiger partial charge >= 0.3 is 0 Å². The number of benzene rings is 2. The fourth-order valence-electron chi connectivity index (χ4n) is 2.00. The van der Waals surface area contributed by atoms with Crippen molar-refractivity contribution in [2.75, 3.05) is 13.7 Å². The Bertz CT molecular complexity index is 817. The molecule has 2 aromatic rings. The monoisotopic (exact) mass is 329 g/mol. The number of nitrogens with zero attached hydrogens (tertiary/aromatic N) is 2. The summed E-state index contributed by atoms with van der Waals surface area (Å²) in [6.45, 7) is -0.115. The van der Waals surface area contributed by atoms with Gasteiger partial charge in [0.1, 0.15) is 0 Å². The molecule has 0 aromatic heterocycles. The summed E-state index contributed by atoms with van der Waals surface area (Å²) >= 11 is 0. The summed E-state index contributed by atoms with van der Waals surface area (Å²) in [6.07, 6.45) is 1.26. The number of carbonyl (C=O) groups is 1. The van der Waals surface area contributed by atoms with Gasteiger partial charge in [-0.25, -0.2) is 0 Å². The van der Waals surface area contributed by atoms with Crippen LogP contribution in [0.3, 0.4) is 0 Å². The van der Waals surface area contributed by atoms with E-state index in [4.69, 9.17) is 10.5 Å². The third-order valence-electron chi connectivity index (χ3n) is 3.23. The number of rotatable bonds is 6. The number of non-ortho nitro benzene ring substituents is 1. The Labute approximate surface area is 137 Å². The lowest BCUT2D eigenvalue weighted by molar-refractivity contribution is -0.385. The number of phenolic OH excluding ortho intramolecular Hbond substituents is 1. The SMILES string of the molecule is COc1cc([N+](=O)[O-])cc(C=Nc2cccc(C(=O)CN)c2)c1O. The smallest absolute Gasteiger partial charge is 0.274 e. The zero-order valence-corrected chi connectivity index (χ0v) is 12.8. The molecule has 0 heterocycles. The van der Waals surface area contributed by atoms with Crippen molar-refractivity contribution in [1.29, 1.82) is 0 Å². The van der Waals surface area contributed by atoms with Gasteiger partial charge in [0.15, 0.2) is 17.3 Å². The van der Waals surface area contributed by atoms with Crippen LogP contribution in [0.2, 0.25) is 0 Å². The average Bonchev–Trinajstić information content (AvgIpc) is 2.60. The summed E-state index contributed by atoms with van der Waals surface area (Å²) in [5.74, 6) is -0.523. The number of nitro benzene ring substituents is 1. The van der Waals surface area contributed by atoms with E-state index in [1.807, 2.05) is 0 Å². The minimum Gasteiger partial charge on any atom is -0.504 e. The van der Waals surface area contributed by atoms with Crippen molar-refractivity contribution in [2.24, 2.45) is 10.7 Å². The number of hydrogen-bond donors (Lipinski definition) is 2. The van der Waals surface area contributed by atoms with E-state index in [0.29, 0.717) is 11.3 Å². The summed E-state index contributed by atoms with van der Waals surface area (Å²) < 4.78 is 4.92. The second kappa shape index (κ2) is 7.34. The van der Waals surface area contributed by atoms with Gasteiger partial charge in [0.2, 0.25) is 0 Å². The molecule has 0 aliphatic heterocycles. The molecule has 2 aromatic carbocycles. The highest BCUT2D eigenvalue weighted by molar-refractivity contribution is 5.98. The molecule has 3 N–H and O–H groups in total. The predicted octanol–water partition coefficient (Wildman–Crippen LogP) is 2.20. The van der Waals surface area contributed by atoms with Crippen LogP contribution in [0, 0.1) is 10.1 Å². The van der Waals surface area contributed by atoms with E-state index in [1.54, 1.807) is 18.2 Å². The quantitative estimate of drug-likeness (QED) is 0.362. The average molecular weight is 329 g/mol. The molecular weight excluding hydrogens is 314 g/mol. The number of phenols is 1. The maximum atomic E-state index is 11.6. The minimum absolute atomic E-state index is 0.0299. The molecule has 0 atom stereocenters. The highest BCUT2D eigenvalue weighted by Gasteiger charge is 2.15. The molecule has 124 valence electrons. The van der Waals surface area contributed by atoms with Crippen molar-refractivity contribution < 1.29 is 19.6 Å². The molecular formula is C16H15N3O5. The first-order valence-electron chi connectivity index (χ1n) is 6.89. The Morgan fingerprint density at radius 3 is 2.79 bits per heavy atom. The number of carbonyl (C=O) groups excluding carboxylic acids is 1. The fourth-order valence-corrected chi connectivity index (χ4v) is 2.00. The molecule has 0 saturated heterocycles. The van der Waals surface area contributed by atoms with Gasteiger partial charge < -0.3 is 15.6 Å². The summed E-state index contributed by atoms with van der Waals surface area (Å²) in [7, 11) is 1.29. The molecule has 0 bridgehead atoms. The second-order valence-electron chi connectivity index (χ2n) is 4.78. The normalized spacial score (nSPS) is 10.8. The highest BCUT2D eigenvalue weighted by Crippen LogP contribution is 2.33. The van der Waals surface area contributed by atoms with Gasteiger partial charge in [0, 0.05) is 23.4 Å². The van der Waals surface area contributed by atoms with Crippen LogP contribution in [0.1, 0.15) is 15.9 Å². The maximum absolute atomic E-state index is 11.6. The van der Waals surface area contributed by atoms with Crippen molar-refractivity contribution in [3.8, 4) is 11.5 Å². The van der Waals surface area contributed by atoms with Crippen molar-refractivity contribution in [3.63, 3.8) is 0 Å². The Morgan fingerprint density at radius 2 is 2.17 bits per heavy atom. The Hall–Kier alpha value is -3.26. The van der Waals surface area contributed by atoms with Crippen LogP contribution >= 0.6 is 0 Å². The fraction of sp³-hybridized carbons (Fsp3) is 0.125. The van der Waals surface area contributed by atoms with Crippen LogP contribution in [0.15, 0.2) is 41.4 Å². The third kappa shape index (κ3) is 3.73. The molecule has 8 heteroatoms. The standard InChI is InChI=1S/C16H15N3O5/c1-24-15-7-13(19(22)23)6-11(16(15)21)9-18-12-4-2-3-10(5-12)14(20)8-17/h2-7,9,21H,8,17H2,1H3. The topological polar surface area (TPSA) is 128 Å². The van der Waals surface area contributed by atoms with E-state index in [1.165, 1.54) is 25.5 Å². The molecule has 0 spiro atoms. The van der Waals surface area contributed by atoms with Crippen LogP contribution < -0.4 is 10.5 Å². The molecule has 0 amide bonds. The molecule has 0 fully saturated rings. The van der Waals surface area contributed by atoms with E-state index < -0.39 is 4.92 Å². The molecule has 0 aliphatic rings. The van der Waals surface area contributed by atoms with Crippen molar-refractivity contribution >= 4 is 23.4 Å². The molecule has 0 aliphatic carbocycles. The third-order valence-corrected chi connectivity index (χ3v) is 3.23. The van der Waals surface area contributed by atoms with E-state index in [2.05, 4.69) is 4.99 Å². The number of aromatic hydroxyl groups is 1. The van der Waals surface area contributed by atoms with Crippen LogP contribution in [-0.2, 0) is 0 Å². The van der Waals surface area contributed by atoms with Gasteiger partial charge in [-0.1, -0.05) is 12.1 Å². The molecule has 8 nitrogen and oxygen atoms in total. The lowest BCUT2D eigenvalue weighted by Gasteiger charge is -2.06. The van der Waals surface area contributed by atoms with Crippen LogP contribution in [-0.4, -0.2) is 35.7 Å². The summed E-state index contributed by atoms with van der Waals surface area (Å²) in [5.41, 5.74) is 6.06. The van der Waals surface area contributed by atoms with Crippen LogP contribution in [0.25, 0.3) is 0 Å². The first-order valence-corrected chi connectivity index (χ1v) is 6.89. The zero-order chi connectivity index (χ0) is 17.7. The maximum Gasteiger partial charge on any atom is 0.274 e. The lowest BCUT2D eigenvalue weighted by Crippen LogP contribution is -2.13. The molecule has 0 unspecified atom stereocenters. The Balaban J connectivity index is 2.40. The largest absolute Gasteiger partial charge is 0.504 e. The minimum atomic E-state index is -0.597. The number of ether oxygens (including phenoxy) is 1. The van der Waals surface area contributed by atoms with Gasteiger partial charge in [-0.05, 0) is 12.1 Å². The van der Waals surface area contributed by atoms with E-state index in [0.717, 1.165) is 6.07 Å². The molecule has 2 rings (SSSR count). The number of aliphatic imine (C=N–C) groups is 1. The first kappa shape index (κ1) is 17.1. The molecule has 24 heavy (non-hydrogen) atoms. The van der Waals surface area contributed by atoms with Crippen LogP contribution in [0.5, 0.6) is 11.5 Å². The summed E-state index contributed by atoms with van der Waals surface area (Å²) in [5, 5.41) is 21.0. The van der Waals surface area contributed by atoms with Crippen molar-refractivity contribution in [1.82, 2.24) is 0 Å². The van der Waals surface area contributed by atoms with Gasteiger partial charge in [-0.2, -0.15) is 0 Å². The number of Topliss-reactive ketones (excluding diaryl/α,β-unsaturated/α-hetero) is 1. The summed E-state index contributed by atoms with van der Waals surface area (Å²) in [4.78, 5) is 26.1. The molecule has 0 saturated carbocycles. The van der Waals surface area contributed by atoms with Crippen LogP contribution in [0.4, 0.5) is 11.4 Å².